The van der Waals surface area contributed by atoms with Gasteiger partial charge in [0, 0.05) is 12.6 Å². The summed E-state index contributed by atoms with van der Waals surface area (Å²) in [7, 11) is 1.83. The van der Waals surface area contributed by atoms with E-state index in [0.717, 1.165) is 11.4 Å². The predicted octanol–water partition coefficient (Wildman–Crippen LogP) is 2.26. The molecule has 0 amide bonds. The van der Waals surface area contributed by atoms with E-state index in [2.05, 4.69) is 20.6 Å². The summed E-state index contributed by atoms with van der Waals surface area (Å²) in [6, 6.07) is 3.36. The zero-order valence-electron chi connectivity index (χ0n) is 11.2. The van der Waals surface area contributed by atoms with E-state index in [1.807, 2.05) is 20.2 Å². The molecule has 3 rings (SSSR count). The van der Waals surface area contributed by atoms with Gasteiger partial charge < -0.3 is 5.73 Å². The molecule has 0 aliphatic carbocycles. The summed E-state index contributed by atoms with van der Waals surface area (Å²) in [6.07, 6.45) is 1.83. The Morgan fingerprint density at radius 3 is 2.62 bits per heavy atom. The van der Waals surface area contributed by atoms with Gasteiger partial charge in [-0.25, -0.2) is 0 Å². The molecule has 0 radical (unpaired) electrons. The second-order valence-corrected chi connectivity index (χ2v) is 5.33. The highest BCUT2D eigenvalue weighted by atomic mass is 35.5. The number of aromatic nitrogens is 6. The minimum absolute atomic E-state index is 0.317. The van der Waals surface area contributed by atoms with Crippen LogP contribution in [-0.4, -0.2) is 30.0 Å². The van der Waals surface area contributed by atoms with E-state index >= 15 is 0 Å². The summed E-state index contributed by atoms with van der Waals surface area (Å²) in [5.74, 6) is 0.511. The van der Waals surface area contributed by atoms with Crippen LogP contribution in [-0.2, 0) is 7.05 Å². The monoisotopic (exact) mass is 323 g/mol. The summed E-state index contributed by atoms with van der Waals surface area (Å²) in [5.41, 5.74) is 8.47. The first-order chi connectivity index (χ1) is 9.97. The normalized spacial score (nSPS) is 11.0. The molecular formula is C12H11Cl2N7. The van der Waals surface area contributed by atoms with Gasteiger partial charge in [0.25, 0.3) is 0 Å². The smallest absolute Gasteiger partial charge is 0.187 e. The van der Waals surface area contributed by atoms with Crippen LogP contribution in [0.25, 0.3) is 17.1 Å². The van der Waals surface area contributed by atoms with E-state index in [9.17, 15) is 0 Å². The second kappa shape index (κ2) is 5.01. The number of hydrogen-bond donors (Lipinski definition) is 1. The van der Waals surface area contributed by atoms with Gasteiger partial charge in [0.2, 0.25) is 0 Å². The fraction of sp³-hybridized carbons (Fsp3) is 0.167. The topological polar surface area (TPSA) is 87.4 Å². The number of hydrogen-bond acceptors (Lipinski definition) is 5. The van der Waals surface area contributed by atoms with Crippen molar-refractivity contribution in [3.63, 3.8) is 0 Å². The van der Waals surface area contributed by atoms with E-state index in [-0.39, 0.29) is 0 Å². The number of halogens is 2. The van der Waals surface area contributed by atoms with Gasteiger partial charge in [-0.05, 0) is 29.5 Å². The highest BCUT2D eigenvalue weighted by molar-refractivity contribution is 6.43. The molecule has 0 unspecified atom stereocenters. The lowest BCUT2D eigenvalue weighted by atomic mass is 10.2. The summed E-state index contributed by atoms with van der Waals surface area (Å²) in [5, 5.41) is 16.7. The zero-order valence-corrected chi connectivity index (χ0v) is 12.8. The zero-order chi connectivity index (χ0) is 15.1. The van der Waals surface area contributed by atoms with Crippen LogP contribution in [0.3, 0.4) is 0 Å². The maximum Gasteiger partial charge on any atom is 0.187 e. The van der Waals surface area contributed by atoms with Crippen LogP contribution < -0.4 is 5.73 Å². The molecule has 0 atom stereocenters. The third-order valence-corrected chi connectivity index (χ3v) is 3.82. The van der Waals surface area contributed by atoms with E-state index in [4.69, 9.17) is 28.9 Å². The standard InChI is InChI=1S/C12H11Cl2N7/c1-6-10(5-20(2)17-6)21-12(16-18-19-21)7-3-8(13)11(14)9(15)4-7/h3-5H,15H2,1-2H3. The van der Waals surface area contributed by atoms with Crippen LogP contribution in [0, 0.1) is 6.92 Å². The average molecular weight is 324 g/mol. The number of anilines is 1. The largest absolute Gasteiger partial charge is 0.397 e. The van der Waals surface area contributed by atoms with Gasteiger partial charge >= 0.3 is 0 Å². The average Bonchev–Trinajstić information content (AvgIpc) is 3.01. The Kier molecular flexibility index (Phi) is 3.30. The lowest BCUT2D eigenvalue weighted by Gasteiger charge is -2.06. The molecule has 0 aliphatic rings. The fourth-order valence-electron chi connectivity index (χ4n) is 2.06. The summed E-state index contributed by atoms with van der Waals surface area (Å²) in [6.45, 7) is 1.88. The molecule has 9 heteroatoms. The molecule has 2 aromatic heterocycles. The van der Waals surface area contributed by atoms with E-state index < -0.39 is 0 Å². The van der Waals surface area contributed by atoms with Gasteiger partial charge in [-0.3, -0.25) is 4.68 Å². The molecule has 0 fully saturated rings. The van der Waals surface area contributed by atoms with Gasteiger partial charge in [0.15, 0.2) is 5.82 Å². The molecule has 2 N–H and O–H groups in total. The van der Waals surface area contributed by atoms with Crippen molar-refractivity contribution in [1.82, 2.24) is 30.0 Å². The van der Waals surface area contributed by atoms with Crippen molar-refractivity contribution in [3.8, 4) is 17.1 Å². The SMILES string of the molecule is Cc1nn(C)cc1-n1nnnc1-c1cc(N)c(Cl)c(Cl)c1. The predicted molar refractivity (Wildman–Crippen MR) is 80.5 cm³/mol. The summed E-state index contributed by atoms with van der Waals surface area (Å²) >= 11 is 12.0. The molecule has 108 valence electrons. The Labute approximate surface area is 130 Å². The lowest BCUT2D eigenvalue weighted by molar-refractivity contribution is 0.755. The molecule has 21 heavy (non-hydrogen) atoms. The molecule has 1 aromatic carbocycles. The number of tetrazole rings is 1. The number of nitrogens with zero attached hydrogens (tertiary/aromatic N) is 6. The lowest BCUT2D eigenvalue weighted by Crippen LogP contribution is -2.01. The van der Waals surface area contributed by atoms with Crippen molar-refractivity contribution in [2.24, 2.45) is 7.05 Å². The first-order valence-corrected chi connectivity index (χ1v) is 6.77. The number of aryl methyl sites for hydroxylation is 2. The number of rotatable bonds is 2. The highest BCUT2D eigenvalue weighted by Crippen LogP contribution is 2.33. The van der Waals surface area contributed by atoms with Crippen molar-refractivity contribution in [1.29, 1.82) is 0 Å². The number of nitrogen functional groups attached to an aromatic ring is 1. The van der Waals surface area contributed by atoms with Crippen molar-refractivity contribution in [3.05, 3.63) is 34.1 Å². The Balaban J connectivity index is 2.18. The number of benzene rings is 1. The van der Waals surface area contributed by atoms with Crippen molar-refractivity contribution < 1.29 is 0 Å². The minimum atomic E-state index is 0.317. The van der Waals surface area contributed by atoms with E-state index in [1.54, 1.807) is 21.5 Å². The Bertz CT molecular complexity index is 798. The van der Waals surface area contributed by atoms with Crippen LogP contribution in [0.15, 0.2) is 18.3 Å². The maximum absolute atomic E-state index is 6.06. The Morgan fingerprint density at radius 1 is 1.24 bits per heavy atom. The highest BCUT2D eigenvalue weighted by Gasteiger charge is 2.16. The Hall–Kier alpha value is -2.12. The van der Waals surface area contributed by atoms with E-state index in [1.165, 1.54) is 0 Å². The first-order valence-electron chi connectivity index (χ1n) is 6.01. The molecule has 0 aliphatic heterocycles. The molecular weight excluding hydrogens is 313 g/mol. The van der Waals surface area contributed by atoms with Gasteiger partial charge in [-0.1, -0.05) is 23.2 Å². The number of nitrogens with two attached hydrogens (primary N) is 1. The summed E-state index contributed by atoms with van der Waals surface area (Å²) < 4.78 is 3.28. The fourth-order valence-corrected chi connectivity index (χ4v) is 2.40. The molecule has 3 aromatic rings. The minimum Gasteiger partial charge on any atom is -0.397 e. The van der Waals surface area contributed by atoms with Crippen LogP contribution in [0.1, 0.15) is 5.69 Å². The van der Waals surface area contributed by atoms with E-state index in [0.29, 0.717) is 27.1 Å². The van der Waals surface area contributed by atoms with Crippen LogP contribution in [0.5, 0.6) is 0 Å². The molecule has 0 bridgehead atoms. The van der Waals surface area contributed by atoms with Gasteiger partial charge in [0.05, 0.1) is 27.6 Å². The second-order valence-electron chi connectivity index (χ2n) is 4.55. The summed E-state index contributed by atoms with van der Waals surface area (Å²) in [4.78, 5) is 0. The molecule has 2 heterocycles. The Morgan fingerprint density at radius 2 is 2.00 bits per heavy atom. The molecule has 0 saturated carbocycles. The van der Waals surface area contributed by atoms with Gasteiger partial charge in [0.1, 0.15) is 5.69 Å². The molecule has 0 spiro atoms. The van der Waals surface area contributed by atoms with Crippen molar-refractivity contribution in [2.45, 2.75) is 6.92 Å². The quantitative estimate of drug-likeness (QED) is 0.731. The van der Waals surface area contributed by atoms with Gasteiger partial charge in [-0.15, -0.1) is 5.10 Å². The van der Waals surface area contributed by atoms with Crippen molar-refractivity contribution >= 4 is 28.9 Å². The van der Waals surface area contributed by atoms with Crippen LogP contribution in [0.2, 0.25) is 10.0 Å². The third kappa shape index (κ3) is 2.34. The molecule has 7 nitrogen and oxygen atoms in total. The van der Waals surface area contributed by atoms with Crippen LogP contribution >= 0.6 is 23.2 Å². The molecule has 0 saturated heterocycles. The third-order valence-electron chi connectivity index (χ3n) is 3.00. The van der Waals surface area contributed by atoms with Crippen LogP contribution in [0.4, 0.5) is 5.69 Å². The first kappa shape index (κ1) is 13.8. The van der Waals surface area contributed by atoms with Crippen molar-refractivity contribution in [2.75, 3.05) is 5.73 Å². The maximum atomic E-state index is 6.06. The van der Waals surface area contributed by atoms with Gasteiger partial charge in [-0.2, -0.15) is 9.78 Å².